The molecule has 1 aromatic heterocycles. The van der Waals surface area contributed by atoms with Crippen LogP contribution < -0.4 is 5.32 Å². The quantitative estimate of drug-likeness (QED) is 0.587. The molecule has 0 aliphatic rings. The maximum atomic E-state index is 12.1. The van der Waals surface area contributed by atoms with Crippen molar-refractivity contribution in [1.29, 1.82) is 0 Å². The SMILES string of the molecule is O=C=Nc1ccc(NC(=O)c2cc3ccccc3o2)cc1. The Hall–Kier alpha value is -3.17. The Morgan fingerprint density at radius 2 is 1.86 bits per heavy atom. The van der Waals surface area contributed by atoms with Gasteiger partial charge in [0.15, 0.2) is 5.76 Å². The van der Waals surface area contributed by atoms with E-state index in [0.29, 0.717) is 17.0 Å². The maximum Gasteiger partial charge on any atom is 0.291 e. The largest absolute Gasteiger partial charge is 0.451 e. The number of benzene rings is 2. The molecule has 1 N–H and O–H groups in total. The fraction of sp³-hybridized carbons (Fsp3) is 0. The van der Waals surface area contributed by atoms with Crippen LogP contribution in [0.4, 0.5) is 11.4 Å². The Morgan fingerprint density at radius 1 is 1.10 bits per heavy atom. The second-order valence-electron chi connectivity index (χ2n) is 4.35. The second-order valence-corrected chi connectivity index (χ2v) is 4.35. The van der Waals surface area contributed by atoms with Crippen molar-refractivity contribution in [2.75, 3.05) is 5.32 Å². The van der Waals surface area contributed by atoms with Crippen molar-refractivity contribution in [2.45, 2.75) is 0 Å². The highest BCUT2D eigenvalue weighted by atomic mass is 16.3. The number of para-hydroxylation sites is 1. The van der Waals surface area contributed by atoms with Gasteiger partial charge in [0.2, 0.25) is 6.08 Å². The zero-order valence-corrected chi connectivity index (χ0v) is 10.9. The summed E-state index contributed by atoms with van der Waals surface area (Å²) in [5, 5.41) is 3.59. The minimum Gasteiger partial charge on any atom is -0.451 e. The Labute approximate surface area is 119 Å². The number of isocyanates is 1. The number of carbonyl (C=O) groups excluding carboxylic acids is 2. The van der Waals surface area contributed by atoms with Crippen LogP contribution in [0.25, 0.3) is 11.0 Å². The van der Waals surface area contributed by atoms with Gasteiger partial charge in [0.1, 0.15) is 5.58 Å². The summed E-state index contributed by atoms with van der Waals surface area (Å²) in [4.78, 5) is 25.7. The molecule has 0 spiro atoms. The lowest BCUT2D eigenvalue weighted by Crippen LogP contribution is -2.10. The molecular formula is C16H10N2O3. The zero-order chi connectivity index (χ0) is 14.7. The average molecular weight is 278 g/mol. The number of aliphatic imine (C=N–C) groups is 1. The highest BCUT2D eigenvalue weighted by Gasteiger charge is 2.12. The van der Waals surface area contributed by atoms with E-state index in [1.807, 2.05) is 18.2 Å². The first kappa shape index (κ1) is 12.8. The van der Waals surface area contributed by atoms with E-state index < -0.39 is 0 Å². The monoisotopic (exact) mass is 278 g/mol. The first-order chi connectivity index (χ1) is 10.3. The number of anilines is 1. The number of amides is 1. The van der Waals surface area contributed by atoms with Crippen LogP contribution in [0, 0.1) is 0 Å². The van der Waals surface area contributed by atoms with Crippen molar-refractivity contribution in [1.82, 2.24) is 0 Å². The summed E-state index contributed by atoms with van der Waals surface area (Å²) >= 11 is 0. The van der Waals surface area contributed by atoms with Gasteiger partial charge in [0.25, 0.3) is 5.91 Å². The van der Waals surface area contributed by atoms with Gasteiger partial charge in [0.05, 0.1) is 5.69 Å². The maximum absolute atomic E-state index is 12.1. The summed E-state index contributed by atoms with van der Waals surface area (Å²) in [6.45, 7) is 0. The summed E-state index contributed by atoms with van der Waals surface area (Å²) in [6.07, 6.45) is 1.46. The van der Waals surface area contributed by atoms with Crippen LogP contribution in [-0.2, 0) is 4.79 Å². The van der Waals surface area contributed by atoms with E-state index in [1.54, 1.807) is 36.4 Å². The van der Waals surface area contributed by atoms with Crippen molar-refractivity contribution in [3.05, 3.63) is 60.4 Å². The fourth-order valence-corrected chi connectivity index (χ4v) is 1.96. The molecule has 0 unspecified atom stereocenters. The van der Waals surface area contributed by atoms with Crippen molar-refractivity contribution in [2.24, 2.45) is 4.99 Å². The molecule has 1 heterocycles. The van der Waals surface area contributed by atoms with Crippen molar-refractivity contribution in [3.8, 4) is 0 Å². The summed E-state index contributed by atoms with van der Waals surface area (Å²) in [5.41, 5.74) is 1.73. The molecule has 0 aliphatic carbocycles. The van der Waals surface area contributed by atoms with Gasteiger partial charge in [-0.05, 0) is 36.4 Å². The van der Waals surface area contributed by atoms with Crippen LogP contribution in [0.2, 0.25) is 0 Å². The molecule has 0 radical (unpaired) electrons. The van der Waals surface area contributed by atoms with Gasteiger partial charge >= 0.3 is 0 Å². The van der Waals surface area contributed by atoms with E-state index in [1.165, 1.54) is 6.08 Å². The average Bonchev–Trinajstić information content (AvgIpc) is 2.94. The van der Waals surface area contributed by atoms with Crippen LogP contribution in [-0.4, -0.2) is 12.0 Å². The van der Waals surface area contributed by atoms with Gasteiger partial charge in [0, 0.05) is 11.1 Å². The van der Waals surface area contributed by atoms with Crippen molar-refractivity contribution < 1.29 is 14.0 Å². The van der Waals surface area contributed by atoms with Crippen molar-refractivity contribution >= 4 is 34.3 Å². The third kappa shape index (κ3) is 2.73. The van der Waals surface area contributed by atoms with Crippen molar-refractivity contribution in [3.63, 3.8) is 0 Å². The van der Waals surface area contributed by atoms with Crippen LogP contribution in [0.5, 0.6) is 0 Å². The predicted octanol–water partition coefficient (Wildman–Crippen LogP) is 3.65. The van der Waals surface area contributed by atoms with E-state index in [2.05, 4.69) is 10.3 Å². The Morgan fingerprint density at radius 3 is 2.57 bits per heavy atom. The summed E-state index contributed by atoms with van der Waals surface area (Å²) in [7, 11) is 0. The summed E-state index contributed by atoms with van der Waals surface area (Å²) in [5.74, 6) is -0.0935. The van der Waals surface area contributed by atoms with E-state index in [-0.39, 0.29) is 11.7 Å². The molecular weight excluding hydrogens is 268 g/mol. The lowest BCUT2D eigenvalue weighted by atomic mass is 10.2. The summed E-state index contributed by atoms with van der Waals surface area (Å²) in [6, 6.07) is 15.6. The standard InChI is InChI=1S/C16H10N2O3/c19-10-17-12-5-7-13(8-6-12)18-16(20)15-9-11-3-1-2-4-14(11)21-15/h1-9H,(H,18,20). The predicted molar refractivity (Wildman–Crippen MR) is 78.4 cm³/mol. The third-order valence-electron chi connectivity index (χ3n) is 2.95. The Kier molecular flexibility index (Phi) is 3.33. The molecule has 1 amide bonds. The first-order valence-electron chi connectivity index (χ1n) is 6.24. The highest BCUT2D eigenvalue weighted by molar-refractivity contribution is 6.04. The highest BCUT2D eigenvalue weighted by Crippen LogP contribution is 2.21. The molecule has 3 rings (SSSR count). The molecule has 0 atom stereocenters. The number of furan rings is 1. The van der Waals surface area contributed by atoms with Crippen LogP contribution in [0.3, 0.4) is 0 Å². The number of hydrogen-bond donors (Lipinski definition) is 1. The molecule has 0 saturated carbocycles. The Balaban J connectivity index is 1.80. The minimum atomic E-state index is -0.335. The molecule has 0 saturated heterocycles. The fourth-order valence-electron chi connectivity index (χ4n) is 1.96. The number of rotatable bonds is 3. The lowest BCUT2D eigenvalue weighted by molar-refractivity contribution is 0.0998. The normalized spacial score (nSPS) is 10.1. The minimum absolute atomic E-state index is 0.242. The number of carbonyl (C=O) groups is 1. The number of nitrogens with one attached hydrogen (secondary N) is 1. The van der Waals surface area contributed by atoms with Crippen LogP contribution in [0.1, 0.15) is 10.6 Å². The van der Waals surface area contributed by atoms with E-state index in [4.69, 9.17) is 4.42 Å². The number of nitrogens with zero attached hydrogens (tertiary/aromatic N) is 1. The van der Waals surface area contributed by atoms with Gasteiger partial charge in [-0.25, -0.2) is 4.79 Å². The molecule has 0 bridgehead atoms. The molecule has 3 aromatic rings. The number of hydrogen-bond acceptors (Lipinski definition) is 4. The topological polar surface area (TPSA) is 71.7 Å². The second kappa shape index (κ2) is 5.45. The van der Waals surface area contributed by atoms with Gasteiger partial charge in [-0.2, -0.15) is 4.99 Å². The van der Waals surface area contributed by atoms with Gasteiger partial charge < -0.3 is 9.73 Å². The van der Waals surface area contributed by atoms with Gasteiger partial charge in [-0.1, -0.05) is 18.2 Å². The van der Waals surface area contributed by atoms with E-state index in [0.717, 1.165) is 5.39 Å². The van der Waals surface area contributed by atoms with Crippen LogP contribution >= 0.6 is 0 Å². The molecule has 2 aromatic carbocycles. The number of fused-ring (bicyclic) bond motifs is 1. The Bertz CT molecular complexity index is 810. The van der Waals surface area contributed by atoms with Gasteiger partial charge in [-0.3, -0.25) is 4.79 Å². The first-order valence-corrected chi connectivity index (χ1v) is 6.24. The smallest absolute Gasteiger partial charge is 0.291 e. The lowest BCUT2D eigenvalue weighted by Gasteiger charge is -2.02. The molecule has 102 valence electrons. The zero-order valence-electron chi connectivity index (χ0n) is 10.9. The van der Waals surface area contributed by atoms with Crippen LogP contribution in [0.15, 0.2) is 64.0 Å². The molecule has 5 heteroatoms. The van der Waals surface area contributed by atoms with E-state index in [9.17, 15) is 9.59 Å². The molecule has 0 aliphatic heterocycles. The molecule has 0 fully saturated rings. The van der Waals surface area contributed by atoms with E-state index >= 15 is 0 Å². The molecule has 21 heavy (non-hydrogen) atoms. The molecule has 5 nitrogen and oxygen atoms in total. The third-order valence-corrected chi connectivity index (χ3v) is 2.95. The summed E-state index contributed by atoms with van der Waals surface area (Å²) < 4.78 is 5.48. The van der Waals surface area contributed by atoms with Gasteiger partial charge in [-0.15, -0.1) is 0 Å².